The van der Waals surface area contributed by atoms with E-state index in [9.17, 15) is 4.39 Å². The number of halogens is 1. The van der Waals surface area contributed by atoms with Gasteiger partial charge in [-0.3, -0.25) is 4.98 Å². The topological polar surface area (TPSA) is 61.0 Å². The van der Waals surface area contributed by atoms with Crippen LogP contribution in [0.25, 0.3) is 0 Å². The van der Waals surface area contributed by atoms with Gasteiger partial charge in [-0.2, -0.15) is 0 Å². The summed E-state index contributed by atoms with van der Waals surface area (Å²) in [5.74, 6) is 0.0453. The van der Waals surface area contributed by atoms with Gasteiger partial charge in [0.05, 0.1) is 0 Å². The molecule has 2 N–H and O–H groups in total. The fraction of sp³-hybridized carbons (Fsp3) is 0.167. The maximum absolute atomic E-state index is 13.3. The second-order valence-corrected chi connectivity index (χ2v) is 3.39. The third kappa shape index (κ3) is 2.76. The van der Waals surface area contributed by atoms with Crippen molar-refractivity contribution in [2.45, 2.75) is 13.2 Å². The maximum atomic E-state index is 13.3. The number of hydrogen-bond donors (Lipinski definition) is 1. The Kier molecular flexibility index (Phi) is 3.62. The molecule has 1 aromatic carbocycles. The molecule has 0 saturated heterocycles. The monoisotopic (exact) mass is 233 g/mol. The highest BCUT2D eigenvalue weighted by molar-refractivity contribution is 5.20. The summed E-state index contributed by atoms with van der Waals surface area (Å²) in [4.78, 5) is 8.03. The lowest BCUT2D eigenvalue weighted by molar-refractivity contribution is 0.283. The highest BCUT2D eigenvalue weighted by Gasteiger charge is 2.06. The predicted molar refractivity (Wildman–Crippen MR) is 60.7 cm³/mol. The van der Waals surface area contributed by atoms with Crippen molar-refractivity contribution in [3.8, 4) is 5.88 Å². The standard InChI is InChI=1S/C12H12FN3O/c13-10-4-2-1-3-9(10)8-17-12-11(7-14)15-5-6-16-12/h1-6H,7-8,14H2. The SMILES string of the molecule is NCc1nccnc1OCc1ccccc1F. The van der Waals surface area contributed by atoms with Crippen LogP contribution in [0.15, 0.2) is 36.7 Å². The van der Waals surface area contributed by atoms with E-state index >= 15 is 0 Å². The van der Waals surface area contributed by atoms with Crippen molar-refractivity contribution in [1.29, 1.82) is 0 Å². The molecule has 0 aliphatic rings. The van der Waals surface area contributed by atoms with Crippen molar-refractivity contribution in [2.24, 2.45) is 5.73 Å². The molecular formula is C12H12FN3O. The highest BCUT2D eigenvalue weighted by atomic mass is 19.1. The minimum Gasteiger partial charge on any atom is -0.471 e. The third-order valence-corrected chi connectivity index (χ3v) is 2.25. The van der Waals surface area contributed by atoms with Crippen LogP contribution in [0, 0.1) is 5.82 Å². The van der Waals surface area contributed by atoms with E-state index in [0.29, 0.717) is 17.1 Å². The van der Waals surface area contributed by atoms with Gasteiger partial charge in [-0.05, 0) is 6.07 Å². The van der Waals surface area contributed by atoms with Gasteiger partial charge < -0.3 is 10.5 Å². The number of hydrogen-bond acceptors (Lipinski definition) is 4. The van der Waals surface area contributed by atoms with Crippen molar-refractivity contribution >= 4 is 0 Å². The average molecular weight is 233 g/mol. The predicted octanol–water partition coefficient (Wildman–Crippen LogP) is 1.65. The maximum Gasteiger partial charge on any atom is 0.237 e. The summed E-state index contributed by atoms with van der Waals surface area (Å²) in [5.41, 5.74) is 6.53. The summed E-state index contributed by atoms with van der Waals surface area (Å²) < 4.78 is 18.7. The minimum atomic E-state index is -0.300. The van der Waals surface area contributed by atoms with Crippen LogP contribution >= 0.6 is 0 Å². The van der Waals surface area contributed by atoms with Gasteiger partial charge in [0.15, 0.2) is 0 Å². The molecule has 0 bridgehead atoms. The molecule has 0 aliphatic carbocycles. The molecule has 0 unspecified atom stereocenters. The van der Waals surface area contributed by atoms with Gasteiger partial charge in [-0.25, -0.2) is 9.37 Å². The van der Waals surface area contributed by atoms with Gasteiger partial charge in [-0.15, -0.1) is 0 Å². The molecule has 0 aliphatic heterocycles. The van der Waals surface area contributed by atoms with Crippen molar-refractivity contribution in [3.63, 3.8) is 0 Å². The van der Waals surface area contributed by atoms with Crippen molar-refractivity contribution < 1.29 is 9.13 Å². The van der Waals surface area contributed by atoms with E-state index in [1.807, 2.05) is 0 Å². The molecule has 0 fully saturated rings. The first-order valence-electron chi connectivity index (χ1n) is 5.17. The molecule has 1 heterocycles. The first-order chi connectivity index (χ1) is 8.31. The fourth-order valence-electron chi connectivity index (χ4n) is 1.38. The van der Waals surface area contributed by atoms with Gasteiger partial charge in [0.25, 0.3) is 0 Å². The summed E-state index contributed by atoms with van der Waals surface area (Å²) in [6.07, 6.45) is 3.05. The third-order valence-electron chi connectivity index (χ3n) is 2.25. The fourth-order valence-corrected chi connectivity index (χ4v) is 1.38. The lowest BCUT2D eigenvalue weighted by Gasteiger charge is -2.08. The molecule has 5 heteroatoms. The number of nitrogens with two attached hydrogens (primary N) is 1. The van der Waals surface area contributed by atoms with Gasteiger partial charge >= 0.3 is 0 Å². The summed E-state index contributed by atoms with van der Waals surface area (Å²) in [6.45, 7) is 0.346. The van der Waals surface area contributed by atoms with E-state index < -0.39 is 0 Å². The smallest absolute Gasteiger partial charge is 0.237 e. The minimum absolute atomic E-state index is 0.109. The quantitative estimate of drug-likeness (QED) is 0.872. The number of benzene rings is 1. The lowest BCUT2D eigenvalue weighted by atomic mass is 10.2. The molecule has 17 heavy (non-hydrogen) atoms. The van der Waals surface area contributed by atoms with E-state index in [4.69, 9.17) is 10.5 Å². The van der Waals surface area contributed by atoms with Crippen molar-refractivity contribution in [2.75, 3.05) is 0 Å². The largest absolute Gasteiger partial charge is 0.471 e. The van der Waals surface area contributed by atoms with Crippen LogP contribution in [0.3, 0.4) is 0 Å². The second kappa shape index (κ2) is 5.36. The summed E-state index contributed by atoms with van der Waals surface area (Å²) in [6, 6.07) is 6.43. The average Bonchev–Trinajstić information content (AvgIpc) is 2.38. The number of ether oxygens (including phenoxy) is 1. The zero-order chi connectivity index (χ0) is 12.1. The van der Waals surface area contributed by atoms with Crippen LogP contribution in [0.2, 0.25) is 0 Å². The Bertz CT molecular complexity index is 505. The molecule has 0 amide bonds. The van der Waals surface area contributed by atoms with Crippen LogP contribution in [-0.4, -0.2) is 9.97 Å². The van der Waals surface area contributed by atoms with Crippen LogP contribution in [-0.2, 0) is 13.2 Å². The van der Waals surface area contributed by atoms with Crippen LogP contribution in [0.5, 0.6) is 5.88 Å². The first kappa shape index (κ1) is 11.5. The van der Waals surface area contributed by atoms with Crippen molar-refractivity contribution in [1.82, 2.24) is 9.97 Å². The highest BCUT2D eigenvalue weighted by Crippen LogP contribution is 2.14. The van der Waals surface area contributed by atoms with E-state index in [0.717, 1.165) is 0 Å². The molecule has 1 aromatic heterocycles. The summed E-state index contributed by atoms with van der Waals surface area (Å²) in [7, 11) is 0. The van der Waals surface area contributed by atoms with E-state index in [1.165, 1.54) is 18.5 Å². The Balaban J connectivity index is 2.10. The molecule has 2 rings (SSSR count). The van der Waals surface area contributed by atoms with Gasteiger partial charge in [0, 0.05) is 24.5 Å². The molecule has 0 radical (unpaired) electrons. The number of rotatable bonds is 4. The second-order valence-electron chi connectivity index (χ2n) is 3.39. The van der Waals surface area contributed by atoms with Gasteiger partial charge in [-0.1, -0.05) is 18.2 Å². The van der Waals surface area contributed by atoms with Crippen molar-refractivity contribution in [3.05, 3.63) is 53.7 Å². The Hall–Kier alpha value is -2.01. The zero-order valence-electron chi connectivity index (χ0n) is 9.14. The summed E-state index contributed by atoms with van der Waals surface area (Å²) >= 11 is 0. The Morgan fingerprint density at radius 1 is 1.18 bits per heavy atom. The Morgan fingerprint density at radius 2 is 1.94 bits per heavy atom. The number of nitrogens with zero attached hydrogens (tertiary/aromatic N) is 2. The Morgan fingerprint density at radius 3 is 2.71 bits per heavy atom. The normalized spacial score (nSPS) is 10.2. The molecular weight excluding hydrogens is 221 g/mol. The molecule has 0 saturated carbocycles. The number of aromatic nitrogens is 2. The summed E-state index contributed by atoms with van der Waals surface area (Å²) in [5, 5.41) is 0. The molecule has 2 aromatic rings. The molecule has 88 valence electrons. The zero-order valence-corrected chi connectivity index (χ0v) is 9.14. The van der Waals surface area contributed by atoms with Crippen LogP contribution in [0.1, 0.15) is 11.3 Å². The molecule has 4 nitrogen and oxygen atoms in total. The van der Waals surface area contributed by atoms with E-state index in [2.05, 4.69) is 9.97 Å². The molecule has 0 spiro atoms. The van der Waals surface area contributed by atoms with Gasteiger partial charge in [0.1, 0.15) is 18.1 Å². The molecule has 0 atom stereocenters. The van der Waals surface area contributed by atoms with E-state index in [-0.39, 0.29) is 19.0 Å². The lowest BCUT2D eigenvalue weighted by Crippen LogP contribution is -2.07. The Labute approximate surface area is 98.3 Å². The van der Waals surface area contributed by atoms with Crippen LogP contribution < -0.4 is 10.5 Å². The van der Waals surface area contributed by atoms with Gasteiger partial charge in [0.2, 0.25) is 5.88 Å². The first-order valence-corrected chi connectivity index (χ1v) is 5.17. The van der Waals surface area contributed by atoms with Crippen LogP contribution in [0.4, 0.5) is 4.39 Å². The van der Waals surface area contributed by atoms with E-state index in [1.54, 1.807) is 18.2 Å².